The molecule has 126 valence electrons. The molecule has 0 heterocycles. The van der Waals surface area contributed by atoms with Gasteiger partial charge in [-0.25, -0.2) is 0 Å². The summed E-state index contributed by atoms with van der Waals surface area (Å²) in [5.41, 5.74) is 1.70. The lowest BCUT2D eigenvalue weighted by molar-refractivity contribution is -0.178. The van der Waals surface area contributed by atoms with E-state index < -0.39 is 0 Å². The van der Waals surface area contributed by atoms with E-state index in [1.807, 2.05) is 48.5 Å². The van der Waals surface area contributed by atoms with Crippen molar-refractivity contribution in [3.63, 3.8) is 0 Å². The van der Waals surface area contributed by atoms with Crippen LogP contribution in [0.3, 0.4) is 0 Å². The van der Waals surface area contributed by atoms with Gasteiger partial charge < -0.3 is 9.78 Å². The van der Waals surface area contributed by atoms with Crippen LogP contribution in [0.1, 0.15) is 11.1 Å². The van der Waals surface area contributed by atoms with Crippen LogP contribution in [-0.4, -0.2) is 39.7 Å². The van der Waals surface area contributed by atoms with Crippen molar-refractivity contribution in [1.82, 2.24) is 0 Å². The minimum atomic E-state index is 0.561. The number of rotatable bonds is 9. The highest BCUT2D eigenvalue weighted by Crippen LogP contribution is 2.16. The molecule has 0 aliphatic rings. The van der Waals surface area contributed by atoms with E-state index >= 15 is 0 Å². The van der Waals surface area contributed by atoms with Crippen LogP contribution in [0.5, 0.6) is 11.5 Å². The lowest BCUT2D eigenvalue weighted by atomic mass is 10.2. The van der Waals surface area contributed by atoms with Crippen LogP contribution in [-0.2, 0) is 9.78 Å². The zero-order valence-corrected chi connectivity index (χ0v) is 13.7. The molecule has 0 spiro atoms. The van der Waals surface area contributed by atoms with Gasteiger partial charge in [0.15, 0.2) is 11.5 Å². The van der Waals surface area contributed by atoms with Gasteiger partial charge in [-0.3, -0.25) is 9.98 Å². The molecule has 0 aromatic heterocycles. The second-order valence-electron chi connectivity index (χ2n) is 4.65. The van der Waals surface area contributed by atoms with E-state index in [1.54, 1.807) is 12.4 Å². The topological polar surface area (TPSA) is 61.6 Å². The molecule has 24 heavy (non-hydrogen) atoms. The Morgan fingerprint density at radius 3 is 1.54 bits per heavy atom. The fraction of sp³-hybridized carbons (Fsp3) is 0.222. The maximum atomic E-state index is 5.06. The molecule has 6 nitrogen and oxygen atoms in total. The quantitative estimate of drug-likeness (QED) is 0.307. The Morgan fingerprint density at radius 2 is 1.12 bits per heavy atom. The average Bonchev–Trinajstić information content (AvgIpc) is 2.61. The molecule has 0 fully saturated rings. The van der Waals surface area contributed by atoms with E-state index in [2.05, 4.69) is 19.8 Å². The molecule has 0 atom stereocenters. The molecule has 0 aliphatic carbocycles. The highest BCUT2D eigenvalue weighted by Gasteiger charge is 2.01. The third kappa shape index (κ3) is 5.49. The molecule has 6 heteroatoms. The second kappa shape index (κ2) is 10.1. The Kier molecular flexibility index (Phi) is 7.46. The van der Waals surface area contributed by atoms with Crippen molar-refractivity contribution in [2.24, 2.45) is 9.98 Å². The third-order valence-corrected chi connectivity index (χ3v) is 3.00. The van der Waals surface area contributed by atoms with Crippen LogP contribution in [0.25, 0.3) is 0 Å². The van der Waals surface area contributed by atoms with Crippen LogP contribution in [0.2, 0.25) is 0 Å². The number of hydrogen-bond acceptors (Lipinski definition) is 6. The van der Waals surface area contributed by atoms with Gasteiger partial charge in [0.1, 0.15) is 0 Å². The van der Waals surface area contributed by atoms with Gasteiger partial charge in [-0.15, -0.1) is 0 Å². The molecule has 2 rings (SSSR count). The van der Waals surface area contributed by atoms with E-state index in [4.69, 9.17) is 9.78 Å². The number of benzene rings is 2. The van der Waals surface area contributed by atoms with Gasteiger partial charge >= 0.3 is 0 Å². The lowest BCUT2D eigenvalue weighted by Gasteiger charge is -2.04. The van der Waals surface area contributed by atoms with Crippen molar-refractivity contribution < 1.29 is 19.6 Å². The molecular formula is C18H20N2O4. The number of aliphatic imine (C=N–C) groups is 2. The van der Waals surface area contributed by atoms with Gasteiger partial charge in [-0.05, 0) is 24.3 Å². The largest absolute Gasteiger partial charge is 0.337 e. The Bertz CT molecular complexity index is 627. The van der Waals surface area contributed by atoms with Gasteiger partial charge in [-0.1, -0.05) is 24.3 Å². The molecule has 0 saturated carbocycles. The van der Waals surface area contributed by atoms with Crippen LogP contribution in [0, 0.1) is 0 Å². The van der Waals surface area contributed by atoms with E-state index in [9.17, 15) is 0 Å². The van der Waals surface area contributed by atoms with Gasteiger partial charge in [0.25, 0.3) is 0 Å². The Balaban J connectivity index is 1.87. The Hall–Kier alpha value is -2.70. The van der Waals surface area contributed by atoms with Crippen LogP contribution >= 0.6 is 0 Å². The molecule has 0 amide bonds. The monoisotopic (exact) mass is 328 g/mol. The minimum Gasteiger partial charge on any atom is -0.337 e. The summed E-state index contributed by atoms with van der Waals surface area (Å²) in [6.07, 6.45) is 3.48. The molecule has 0 radical (unpaired) electrons. The summed E-state index contributed by atoms with van der Waals surface area (Å²) in [6, 6.07) is 15.0. The zero-order valence-electron chi connectivity index (χ0n) is 13.7. The minimum absolute atomic E-state index is 0.561. The zero-order chi connectivity index (χ0) is 17.0. The third-order valence-electron chi connectivity index (χ3n) is 3.00. The summed E-state index contributed by atoms with van der Waals surface area (Å²) < 4.78 is 0. The molecular weight excluding hydrogens is 308 g/mol. The molecule has 2 aromatic rings. The predicted molar refractivity (Wildman–Crippen MR) is 93.1 cm³/mol. The van der Waals surface area contributed by atoms with Crippen LogP contribution in [0.4, 0.5) is 0 Å². The van der Waals surface area contributed by atoms with Crippen LogP contribution < -0.4 is 9.78 Å². The Morgan fingerprint density at radius 1 is 0.708 bits per heavy atom. The van der Waals surface area contributed by atoms with Crippen molar-refractivity contribution in [3.05, 3.63) is 59.7 Å². The van der Waals surface area contributed by atoms with E-state index in [1.165, 1.54) is 14.2 Å². The summed E-state index contributed by atoms with van der Waals surface area (Å²) in [6.45, 7) is 1.12. The first-order valence-electron chi connectivity index (χ1n) is 7.44. The number of nitrogens with zero attached hydrogens (tertiary/aromatic N) is 2. The molecule has 0 aliphatic heterocycles. The smallest absolute Gasteiger partial charge is 0.174 e. The van der Waals surface area contributed by atoms with E-state index in [0.717, 1.165) is 11.1 Å². The van der Waals surface area contributed by atoms with Crippen molar-refractivity contribution in [3.8, 4) is 11.5 Å². The summed E-state index contributed by atoms with van der Waals surface area (Å²) in [4.78, 5) is 28.2. The molecule has 0 unspecified atom stereocenters. The summed E-state index contributed by atoms with van der Waals surface area (Å²) in [5.74, 6) is 1.25. The summed E-state index contributed by atoms with van der Waals surface area (Å²) >= 11 is 0. The number of para-hydroxylation sites is 2. The lowest BCUT2D eigenvalue weighted by Crippen LogP contribution is -1.97. The molecule has 0 N–H and O–H groups in total. The highest BCUT2D eigenvalue weighted by molar-refractivity contribution is 5.84. The Labute approximate surface area is 141 Å². The van der Waals surface area contributed by atoms with Gasteiger partial charge in [0, 0.05) is 23.6 Å². The second-order valence-corrected chi connectivity index (χ2v) is 4.65. The van der Waals surface area contributed by atoms with Crippen LogP contribution in [0.15, 0.2) is 58.5 Å². The van der Waals surface area contributed by atoms with Crippen molar-refractivity contribution >= 4 is 12.4 Å². The van der Waals surface area contributed by atoms with Crippen molar-refractivity contribution in [2.75, 3.05) is 27.3 Å². The number of hydrogen-bond donors (Lipinski definition) is 0. The first kappa shape index (κ1) is 17.7. The summed E-state index contributed by atoms with van der Waals surface area (Å²) in [7, 11) is 2.93. The maximum absolute atomic E-state index is 5.06. The molecule has 0 saturated heterocycles. The van der Waals surface area contributed by atoms with Crippen molar-refractivity contribution in [1.29, 1.82) is 0 Å². The fourth-order valence-corrected chi connectivity index (χ4v) is 1.95. The predicted octanol–water partition coefficient (Wildman–Crippen LogP) is 3.11. The van der Waals surface area contributed by atoms with Crippen molar-refractivity contribution in [2.45, 2.75) is 0 Å². The molecule has 2 aromatic carbocycles. The standard InChI is InChI=1S/C18H20N2O4/c1-21-23-17-9-5-3-7-15(17)13-19-11-12-20-14-16-8-4-6-10-18(16)24-22-2/h3-10,13-14H,11-12H2,1-2H3. The average molecular weight is 328 g/mol. The van der Waals surface area contributed by atoms with E-state index in [0.29, 0.717) is 24.6 Å². The SMILES string of the molecule is COOc1ccccc1C=NCCN=Cc1ccccc1OOC. The first-order valence-corrected chi connectivity index (χ1v) is 7.44. The fourth-order valence-electron chi connectivity index (χ4n) is 1.95. The molecule has 0 bridgehead atoms. The van der Waals surface area contributed by atoms with Gasteiger partial charge in [0.05, 0.1) is 27.3 Å². The van der Waals surface area contributed by atoms with E-state index in [-0.39, 0.29) is 0 Å². The highest BCUT2D eigenvalue weighted by atomic mass is 17.2. The van der Waals surface area contributed by atoms with Gasteiger partial charge in [0.2, 0.25) is 0 Å². The first-order chi connectivity index (χ1) is 11.8. The summed E-state index contributed by atoms with van der Waals surface area (Å²) in [5, 5.41) is 0. The van der Waals surface area contributed by atoms with Gasteiger partial charge in [-0.2, -0.15) is 9.78 Å². The maximum Gasteiger partial charge on any atom is 0.174 e. The normalized spacial score (nSPS) is 11.2.